The molecule has 8 heavy (non-hydrogen) atoms. The Labute approximate surface area is 61.5 Å². The summed E-state index contributed by atoms with van der Waals surface area (Å²) in [7, 11) is 0.240. The zero-order valence-corrected chi connectivity index (χ0v) is 9.60. The van der Waals surface area contributed by atoms with Gasteiger partial charge in [0.2, 0.25) is 0 Å². The van der Waals surface area contributed by atoms with E-state index in [1.165, 1.54) is 12.5 Å². The summed E-state index contributed by atoms with van der Waals surface area (Å²) in [5.74, 6) is 1.02. The van der Waals surface area contributed by atoms with Crippen molar-refractivity contribution in [1.29, 1.82) is 0 Å². The molecule has 4 heteroatoms. The van der Waals surface area contributed by atoms with Gasteiger partial charge in [-0.2, -0.15) is 12.6 Å². The Morgan fingerprint density at radius 1 is 1.75 bits per heavy atom. The number of thiol groups is 1. The molecule has 0 bridgehead atoms. The highest BCUT2D eigenvalue weighted by Crippen LogP contribution is 1.97. The van der Waals surface area contributed by atoms with E-state index in [2.05, 4.69) is 19.2 Å². The average molecular weight is 166 g/mol. The monoisotopic (exact) mass is 166 g/mol. The molecule has 0 rings (SSSR count). The normalized spacial score (nSPS) is 14.2. The van der Waals surface area contributed by atoms with Crippen LogP contribution in [0, 0.1) is 0 Å². The first kappa shape index (κ1) is 8.74. The van der Waals surface area contributed by atoms with Crippen molar-refractivity contribution < 1.29 is 4.12 Å². The number of rotatable bonds is 4. The van der Waals surface area contributed by atoms with E-state index in [1.807, 2.05) is 0 Å². The van der Waals surface area contributed by atoms with E-state index in [0.29, 0.717) is 0 Å². The van der Waals surface area contributed by atoms with Crippen molar-refractivity contribution in [2.45, 2.75) is 19.0 Å². The van der Waals surface area contributed by atoms with Crippen molar-refractivity contribution in [3.63, 3.8) is 0 Å². The van der Waals surface area contributed by atoms with Gasteiger partial charge >= 0.3 is 0 Å². The van der Waals surface area contributed by atoms with Gasteiger partial charge in [-0.3, -0.25) is 0 Å². The summed E-state index contributed by atoms with van der Waals surface area (Å²) in [4.78, 5) is 0. The van der Waals surface area contributed by atoms with E-state index in [9.17, 15) is 0 Å². The minimum absolute atomic E-state index is 0.686. The van der Waals surface area contributed by atoms with Crippen LogP contribution in [0.3, 0.4) is 0 Å². The number of hydrogen-bond acceptors (Lipinski definition) is 2. The predicted molar refractivity (Wildman–Crippen MR) is 47.3 cm³/mol. The van der Waals surface area contributed by atoms with Gasteiger partial charge in [0, 0.05) is 0 Å². The van der Waals surface area contributed by atoms with Crippen molar-refractivity contribution in [3.05, 3.63) is 0 Å². The van der Waals surface area contributed by atoms with Gasteiger partial charge in [-0.15, -0.1) is 0 Å². The summed E-state index contributed by atoms with van der Waals surface area (Å²) in [6.45, 7) is 2.25. The molecular weight excluding hydrogens is 152 g/mol. The molecule has 0 fully saturated rings. The third kappa shape index (κ3) is 4.89. The van der Waals surface area contributed by atoms with E-state index in [-0.39, 0.29) is 0 Å². The Bertz CT molecular complexity index is 53.3. The first-order valence-corrected chi connectivity index (χ1v) is 6.84. The molecule has 1 atom stereocenters. The Morgan fingerprint density at radius 2 is 2.38 bits per heavy atom. The summed E-state index contributed by atoms with van der Waals surface area (Å²) >= 11 is 4.11. The van der Waals surface area contributed by atoms with Gasteiger partial charge in [-0.25, -0.2) is 0 Å². The van der Waals surface area contributed by atoms with Crippen molar-refractivity contribution in [3.8, 4) is 0 Å². The fourth-order valence-corrected chi connectivity index (χ4v) is 2.74. The lowest BCUT2D eigenvalue weighted by Gasteiger charge is -2.04. The molecular formula is C4H14OSSi2. The van der Waals surface area contributed by atoms with Crippen LogP contribution in [-0.2, 0) is 4.12 Å². The molecule has 1 nitrogen and oxygen atoms in total. The summed E-state index contributed by atoms with van der Waals surface area (Å²) in [5, 5.41) is 0. The molecule has 0 amide bonds. The first-order chi connectivity index (χ1) is 3.81. The third-order valence-corrected chi connectivity index (χ3v) is 5.93. The fourth-order valence-electron chi connectivity index (χ4n) is 0.497. The summed E-state index contributed by atoms with van der Waals surface area (Å²) in [6, 6.07) is 1.30. The van der Waals surface area contributed by atoms with E-state index in [4.69, 9.17) is 4.12 Å². The highest BCUT2D eigenvalue weighted by atomic mass is 32.1. The second kappa shape index (κ2) is 5.87. The standard InChI is InChI=1S/C4H14OSSi2/c1-8(5-7)4-2-3-6/h6,8H,2-4H2,1,7H3. The van der Waals surface area contributed by atoms with E-state index in [1.54, 1.807) is 0 Å². The van der Waals surface area contributed by atoms with E-state index in [0.717, 1.165) is 16.2 Å². The molecule has 0 aromatic rings. The van der Waals surface area contributed by atoms with Gasteiger partial charge in [-0.1, -0.05) is 0 Å². The zero-order chi connectivity index (χ0) is 6.41. The van der Waals surface area contributed by atoms with Gasteiger partial charge < -0.3 is 4.12 Å². The Morgan fingerprint density at radius 3 is 2.75 bits per heavy atom. The molecule has 0 heterocycles. The molecule has 0 aliphatic heterocycles. The van der Waals surface area contributed by atoms with Crippen molar-refractivity contribution in [1.82, 2.24) is 0 Å². The minimum atomic E-state index is -0.686. The molecule has 0 aliphatic rings. The van der Waals surface area contributed by atoms with Gasteiger partial charge in [0.25, 0.3) is 0 Å². The van der Waals surface area contributed by atoms with Crippen molar-refractivity contribution >= 4 is 32.2 Å². The van der Waals surface area contributed by atoms with Crippen LogP contribution < -0.4 is 0 Å². The van der Waals surface area contributed by atoms with E-state index < -0.39 is 9.04 Å². The Kier molecular flexibility index (Phi) is 6.42. The quantitative estimate of drug-likeness (QED) is 0.455. The van der Waals surface area contributed by atoms with Gasteiger partial charge in [0.1, 0.15) is 10.5 Å². The lowest BCUT2D eigenvalue weighted by molar-refractivity contribution is 0.633. The van der Waals surface area contributed by atoms with Crippen molar-refractivity contribution in [2.24, 2.45) is 0 Å². The molecule has 0 saturated carbocycles. The Hall–Kier alpha value is 0.744. The van der Waals surface area contributed by atoms with Crippen LogP contribution in [0.5, 0.6) is 0 Å². The molecule has 0 N–H and O–H groups in total. The van der Waals surface area contributed by atoms with Crippen LogP contribution in [0.1, 0.15) is 6.42 Å². The maximum Gasteiger partial charge on any atom is 0.159 e. The summed E-state index contributed by atoms with van der Waals surface area (Å²) < 4.78 is 5.30. The average Bonchev–Trinajstić information content (AvgIpc) is 1.83. The fraction of sp³-hybridized carbons (Fsp3) is 1.00. The molecule has 0 aliphatic carbocycles. The Balaban J connectivity index is 2.86. The predicted octanol–water partition coefficient (Wildman–Crippen LogP) is -0.0431. The largest absolute Gasteiger partial charge is 0.466 e. The maximum absolute atomic E-state index is 5.30. The molecule has 0 aromatic carbocycles. The highest BCUT2D eigenvalue weighted by Gasteiger charge is 1.97. The number of hydrogen-bond donors (Lipinski definition) is 1. The lowest BCUT2D eigenvalue weighted by Crippen LogP contribution is -2.10. The molecule has 50 valence electrons. The van der Waals surface area contributed by atoms with Crippen LogP contribution in [0.2, 0.25) is 12.6 Å². The maximum atomic E-state index is 5.30. The zero-order valence-electron chi connectivity index (χ0n) is 5.55. The molecule has 0 saturated heterocycles. The topological polar surface area (TPSA) is 9.23 Å². The first-order valence-electron chi connectivity index (χ1n) is 2.95. The van der Waals surface area contributed by atoms with E-state index >= 15 is 0 Å². The SMILES string of the molecule is C[SiH](CCCS)O[SiH3]. The molecule has 0 radical (unpaired) electrons. The van der Waals surface area contributed by atoms with Crippen LogP contribution in [0.4, 0.5) is 0 Å². The molecule has 0 spiro atoms. The van der Waals surface area contributed by atoms with Crippen LogP contribution in [0.15, 0.2) is 0 Å². The van der Waals surface area contributed by atoms with Crippen LogP contribution >= 0.6 is 12.6 Å². The van der Waals surface area contributed by atoms with Crippen molar-refractivity contribution in [2.75, 3.05) is 5.75 Å². The summed E-state index contributed by atoms with van der Waals surface area (Å²) in [6.07, 6.45) is 1.23. The van der Waals surface area contributed by atoms with Gasteiger partial charge in [-0.05, 0) is 24.8 Å². The smallest absolute Gasteiger partial charge is 0.159 e. The van der Waals surface area contributed by atoms with Crippen LogP contribution in [-0.4, -0.2) is 25.3 Å². The van der Waals surface area contributed by atoms with Gasteiger partial charge in [0.15, 0.2) is 9.04 Å². The molecule has 0 aromatic heterocycles. The minimum Gasteiger partial charge on any atom is -0.466 e. The third-order valence-electron chi connectivity index (χ3n) is 1.17. The molecule has 1 unspecified atom stereocenters. The second-order valence-corrected chi connectivity index (χ2v) is 6.44. The second-order valence-electron chi connectivity index (χ2n) is 1.91. The van der Waals surface area contributed by atoms with Crippen LogP contribution in [0.25, 0.3) is 0 Å². The van der Waals surface area contributed by atoms with Gasteiger partial charge in [0.05, 0.1) is 0 Å². The summed E-state index contributed by atoms with van der Waals surface area (Å²) in [5.41, 5.74) is 0. The lowest BCUT2D eigenvalue weighted by atomic mass is 10.6. The highest BCUT2D eigenvalue weighted by molar-refractivity contribution is 7.80.